The Morgan fingerprint density at radius 1 is 1.53 bits per heavy atom. The average molecular weight is 261 g/mol. The molecule has 1 unspecified atom stereocenters. The van der Waals surface area contributed by atoms with Crippen LogP contribution >= 0.6 is 0 Å². The lowest BCUT2D eigenvalue weighted by Crippen LogP contribution is -2.45. The third-order valence-corrected chi connectivity index (χ3v) is 3.29. The number of nitrogens with zero attached hydrogens (tertiary/aromatic N) is 1. The van der Waals surface area contributed by atoms with E-state index in [9.17, 15) is 10.1 Å². The highest BCUT2D eigenvalue weighted by molar-refractivity contribution is 5.64. The zero-order valence-electron chi connectivity index (χ0n) is 11.1. The van der Waals surface area contributed by atoms with Crippen LogP contribution in [0, 0.1) is 17.2 Å². The van der Waals surface area contributed by atoms with Crippen molar-refractivity contribution in [2.75, 3.05) is 0 Å². The summed E-state index contributed by atoms with van der Waals surface area (Å²) in [5.41, 5.74) is 18.5. The molecule has 0 radical (unpaired) electrons. The van der Waals surface area contributed by atoms with Crippen molar-refractivity contribution in [3.05, 3.63) is 34.8 Å². The zero-order chi connectivity index (χ0) is 14.6. The molecule has 0 aromatic carbocycles. The van der Waals surface area contributed by atoms with Crippen LogP contribution in [0.25, 0.3) is 0 Å². The zero-order valence-corrected chi connectivity index (χ0v) is 11.1. The highest BCUT2D eigenvalue weighted by Crippen LogP contribution is 2.41. The van der Waals surface area contributed by atoms with Crippen molar-refractivity contribution in [1.82, 2.24) is 5.32 Å². The maximum absolute atomic E-state index is 10.7. The quantitative estimate of drug-likeness (QED) is 0.527. The number of carbonyl (C=O) groups excluding carboxylic acids is 1. The second-order valence-corrected chi connectivity index (χ2v) is 4.71. The van der Waals surface area contributed by atoms with E-state index in [4.69, 9.17) is 17.2 Å². The first-order valence-electron chi connectivity index (χ1n) is 5.93. The number of hydrogen-bond donors (Lipinski definition) is 4. The summed E-state index contributed by atoms with van der Waals surface area (Å²) in [4.78, 5) is 10.7. The van der Waals surface area contributed by atoms with Gasteiger partial charge in [-0.3, -0.25) is 4.79 Å². The van der Waals surface area contributed by atoms with Gasteiger partial charge in [-0.15, -0.1) is 0 Å². The molecular weight excluding hydrogens is 242 g/mol. The molecule has 6 heteroatoms. The molecule has 1 aliphatic carbocycles. The van der Waals surface area contributed by atoms with E-state index in [2.05, 4.69) is 11.4 Å². The molecule has 19 heavy (non-hydrogen) atoms. The number of amides is 1. The average Bonchev–Trinajstić information content (AvgIpc) is 2.65. The minimum atomic E-state index is -1.24. The van der Waals surface area contributed by atoms with Gasteiger partial charge in [-0.25, -0.2) is 0 Å². The summed E-state index contributed by atoms with van der Waals surface area (Å²) in [6.07, 6.45) is 3.57. The van der Waals surface area contributed by atoms with E-state index in [-0.39, 0.29) is 18.0 Å². The van der Waals surface area contributed by atoms with Crippen molar-refractivity contribution >= 4 is 6.41 Å². The summed E-state index contributed by atoms with van der Waals surface area (Å²) in [6, 6.07) is 2.05. The number of rotatable bonds is 4. The lowest BCUT2D eigenvalue weighted by Gasteiger charge is -2.21. The molecule has 1 amide bonds. The predicted octanol–water partition coefficient (Wildman–Crippen LogP) is -0.0475. The van der Waals surface area contributed by atoms with E-state index in [1.165, 1.54) is 12.4 Å². The van der Waals surface area contributed by atoms with E-state index in [0.717, 1.165) is 5.57 Å². The summed E-state index contributed by atoms with van der Waals surface area (Å²) in [5.74, 6) is 0.124. The van der Waals surface area contributed by atoms with Crippen LogP contribution in [0.5, 0.6) is 0 Å². The molecule has 0 aromatic heterocycles. The summed E-state index contributed by atoms with van der Waals surface area (Å²) in [7, 11) is 0. The van der Waals surface area contributed by atoms with Gasteiger partial charge in [0.2, 0.25) is 6.41 Å². The van der Waals surface area contributed by atoms with E-state index in [0.29, 0.717) is 17.6 Å². The molecule has 0 saturated heterocycles. The van der Waals surface area contributed by atoms with Gasteiger partial charge in [0.1, 0.15) is 0 Å². The number of nitrogens with one attached hydrogen (secondary N) is 1. The first-order chi connectivity index (χ1) is 8.97. The number of hydrogen-bond acceptors (Lipinski definition) is 5. The largest absolute Gasteiger partial charge is 0.404 e. The summed E-state index contributed by atoms with van der Waals surface area (Å²) < 4.78 is 0. The first-order valence-corrected chi connectivity index (χ1v) is 5.93. The van der Waals surface area contributed by atoms with Crippen molar-refractivity contribution in [3.63, 3.8) is 0 Å². The highest BCUT2D eigenvalue weighted by atomic mass is 16.1. The van der Waals surface area contributed by atoms with Gasteiger partial charge in [-0.2, -0.15) is 5.26 Å². The van der Waals surface area contributed by atoms with Crippen molar-refractivity contribution in [2.45, 2.75) is 25.8 Å². The Hall–Kier alpha value is -2.42. The van der Waals surface area contributed by atoms with Gasteiger partial charge in [0, 0.05) is 12.0 Å². The van der Waals surface area contributed by atoms with Crippen LogP contribution in [0.2, 0.25) is 0 Å². The topological polar surface area (TPSA) is 131 Å². The highest BCUT2D eigenvalue weighted by Gasteiger charge is 2.43. The van der Waals surface area contributed by atoms with Crippen LogP contribution in [-0.4, -0.2) is 11.9 Å². The van der Waals surface area contributed by atoms with Crippen molar-refractivity contribution in [3.8, 4) is 6.07 Å². The third-order valence-electron chi connectivity index (χ3n) is 3.29. The molecule has 102 valence electrons. The molecule has 0 aliphatic heterocycles. The Labute approximate surface area is 112 Å². The van der Waals surface area contributed by atoms with Gasteiger partial charge in [-0.1, -0.05) is 13.8 Å². The SMILES string of the molecule is CC(C)/C(=C/N)C1=C(N)C(C#N)(NC=O)C/C1=C/N. The minimum Gasteiger partial charge on any atom is -0.404 e. The molecule has 0 aromatic rings. The number of nitriles is 1. The fraction of sp³-hybridized carbons (Fsp3) is 0.385. The fourth-order valence-electron chi connectivity index (χ4n) is 2.26. The van der Waals surface area contributed by atoms with Gasteiger partial charge < -0.3 is 22.5 Å². The maximum Gasteiger partial charge on any atom is 0.208 e. The van der Waals surface area contributed by atoms with E-state index in [1.807, 2.05) is 13.8 Å². The number of carbonyl (C=O) groups is 1. The molecule has 0 bridgehead atoms. The van der Waals surface area contributed by atoms with E-state index >= 15 is 0 Å². The Bertz CT molecular complexity index is 510. The second-order valence-electron chi connectivity index (χ2n) is 4.71. The molecule has 6 nitrogen and oxygen atoms in total. The Morgan fingerprint density at radius 2 is 2.16 bits per heavy atom. The Morgan fingerprint density at radius 3 is 2.53 bits per heavy atom. The van der Waals surface area contributed by atoms with E-state index < -0.39 is 5.54 Å². The molecule has 1 atom stereocenters. The summed E-state index contributed by atoms with van der Waals surface area (Å²) in [6.45, 7) is 3.93. The normalized spacial score (nSPS) is 25.8. The van der Waals surface area contributed by atoms with E-state index in [1.54, 1.807) is 0 Å². The smallest absolute Gasteiger partial charge is 0.208 e. The van der Waals surface area contributed by atoms with Crippen LogP contribution in [0.3, 0.4) is 0 Å². The van der Waals surface area contributed by atoms with Gasteiger partial charge >= 0.3 is 0 Å². The lowest BCUT2D eigenvalue weighted by atomic mass is 9.92. The standard InChI is InChI=1S/C13H19N5O/c1-8(2)10(5-15)11-9(4-14)3-13(6-16,12(11)17)18-7-19/h4-5,7-8H,3,14-15,17H2,1-2H3,(H,18,19)/b9-4-,10-5-. The van der Waals surface area contributed by atoms with Crippen LogP contribution in [0.1, 0.15) is 20.3 Å². The van der Waals surface area contributed by atoms with Gasteiger partial charge in [0.15, 0.2) is 5.54 Å². The van der Waals surface area contributed by atoms with Gasteiger partial charge in [-0.05, 0) is 29.5 Å². The molecule has 0 heterocycles. The molecule has 0 spiro atoms. The first kappa shape index (κ1) is 14.6. The van der Waals surface area contributed by atoms with Crippen LogP contribution < -0.4 is 22.5 Å². The molecule has 7 N–H and O–H groups in total. The predicted molar refractivity (Wildman–Crippen MR) is 72.8 cm³/mol. The Balaban J connectivity index is 3.48. The summed E-state index contributed by atoms with van der Waals surface area (Å²) >= 11 is 0. The Kier molecular flexibility index (Phi) is 4.22. The molecule has 1 aliphatic rings. The molecular formula is C13H19N5O. The molecule has 1 rings (SSSR count). The molecule has 0 fully saturated rings. The minimum absolute atomic E-state index is 0.124. The van der Waals surface area contributed by atoms with Crippen molar-refractivity contribution in [1.29, 1.82) is 5.26 Å². The third kappa shape index (κ3) is 2.27. The second kappa shape index (κ2) is 5.48. The molecule has 0 saturated carbocycles. The van der Waals surface area contributed by atoms with Crippen LogP contribution in [0.4, 0.5) is 0 Å². The van der Waals surface area contributed by atoms with Crippen LogP contribution in [0.15, 0.2) is 34.8 Å². The number of nitrogens with two attached hydrogens (primary N) is 3. The van der Waals surface area contributed by atoms with Crippen LogP contribution in [-0.2, 0) is 4.79 Å². The maximum atomic E-state index is 10.7. The number of allylic oxidation sites excluding steroid dienone is 2. The van der Waals surface area contributed by atoms with Gasteiger partial charge in [0.05, 0.1) is 11.8 Å². The summed E-state index contributed by atoms with van der Waals surface area (Å²) in [5, 5.41) is 11.8. The van der Waals surface area contributed by atoms with Crippen molar-refractivity contribution in [2.24, 2.45) is 23.1 Å². The monoisotopic (exact) mass is 261 g/mol. The fourth-order valence-corrected chi connectivity index (χ4v) is 2.26. The van der Waals surface area contributed by atoms with Crippen molar-refractivity contribution < 1.29 is 4.79 Å². The van der Waals surface area contributed by atoms with Gasteiger partial charge in [0.25, 0.3) is 0 Å². The lowest BCUT2D eigenvalue weighted by molar-refractivity contribution is -0.110.